The van der Waals surface area contributed by atoms with Crippen molar-refractivity contribution < 1.29 is 13.6 Å². The summed E-state index contributed by atoms with van der Waals surface area (Å²) in [4.78, 5) is 20.3. The molecule has 0 bridgehead atoms. The molecule has 1 aliphatic rings. The van der Waals surface area contributed by atoms with Crippen molar-refractivity contribution in [2.24, 2.45) is 0 Å². The zero-order valence-electron chi connectivity index (χ0n) is 12.2. The molecule has 0 saturated heterocycles. The normalized spacial score (nSPS) is 17.5. The second-order valence-electron chi connectivity index (χ2n) is 5.65. The predicted molar refractivity (Wildman–Crippen MR) is 74.5 cm³/mol. The second-order valence-corrected chi connectivity index (χ2v) is 5.65. The van der Waals surface area contributed by atoms with Crippen molar-refractivity contribution in [3.8, 4) is 0 Å². The SMILES string of the molecule is Cc1nc2nc(N)nn2c(C)c1CC(=O)NC1CC(F)(F)C1. The number of alkyl halides is 2. The van der Waals surface area contributed by atoms with Crippen molar-refractivity contribution in [2.75, 3.05) is 5.73 Å². The van der Waals surface area contributed by atoms with E-state index in [0.29, 0.717) is 22.7 Å². The lowest BCUT2D eigenvalue weighted by molar-refractivity contribution is -0.128. The fraction of sp³-hybridized carbons (Fsp3) is 0.538. The highest BCUT2D eigenvalue weighted by atomic mass is 19.3. The van der Waals surface area contributed by atoms with E-state index in [4.69, 9.17) is 5.73 Å². The van der Waals surface area contributed by atoms with Gasteiger partial charge in [-0.2, -0.15) is 9.50 Å². The van der Waals surface area contributed by atoms with Gasteiger partial charge in [0.2, 0.25) is 11.9 Å². The van der Waals surface area contributed by atoms with E-state index in [0.717, 1.165) is 0 Å². The zero-order valence-corrected chi connectivity index (χ0v) is 12.2. The molecule has 0 atom stereocenters. The van der Waals surface area contributed by atoms with Crippen LogP contribution in [0.1, 0.15) is 29.8 Å². The van der Waals surface area contributed by atoms with Gasteiger partial charge in [0.15, 0.2) is 0 Å². The smallest absolute Gasteiger partial charge is 0.254 e. The van der Waals surface area contributed by atoms with E-state index >= 15 is 0 Å². The van der Waals surface area contributed by atoms with Gasteiger partial charge in [-0.1, -0.05) is 0 Å². The Morgan fingerprint density at radius 3 is 2.73 bits per heavy atom. The zero-order chi connectivity index (χ0) is 16.1. The number of halogens is 2. The van der Waals surface area contributed by atoms with Gasteiger partial charge in [-0.25, -0.2) is 13.8 Å². The molecule has 0 unspecified atom stereocenters. The van der Waals surface area contributed by atoms with Crippen LogP contribution in [0.25, 0.3) is 5.78 Å². The Kier molecular flexibility index (Phi) is 3.22. The van der Waals surface area contributed by atoms with E-state index in [1.165, 1.54) is 4.52 Å². The molecule has 0 aromatic carbocycles. The number of nitrogens with zero attached hydrogens (tertiary/aromatic N) is 4. The molecule has 0 spiro atoms. The molecular weight excluding hydrogens is 294 g/mol. The number of fused-ring (bicyclic) bond motifs is 1. The van der Waals surface area contributed by atoms with Gasteiger partial charge in [0.05, 0.1) is 6.42 Å². The molecule has 2 aromatic rings. The molecule has 0 radical (unpaired) electrons. The molecule has 1 aliphatic carbocycles. The summed E-state index contributed by atoms with van der Waals surface area (Å²) in [5, 5.41) is 6.63. The Morgan fingerprint density at radius 1 is 1.41 bits per heavy atom. The molecule has 3 N–H and O–H groups in total. The van der Waals surface area contributed by atoms with Crippen LogP contribution in [0.2, 0.25) is 0 Å². The first-order valence-corrected chi connectivity index (χ1v) is 6.91. The third kappa shape index (κ3) is 2.58. The highest BCUT2D eigenvalue weighted by Gasteiger charge is 2.45. The Hall–Kier alpha value is -2.32. The summed E-state index contributed by atoms with van der Waals surface area (Å²) in [5.41, 5.74) is 7.59. The molecule has 118 valence electrons. The quantitative estimate of drug-likeness (QED) is 0.873. The number of aryl methyl sites for hydroxylation is 2. The van der Waals surface area contributed by atoms with E-state index in [1.807, 2.05) is 0 Å². The first kappa shape index (κ1) is 14.6. The molecule has 3 rings (SSSR count). The van der Waals surface area contributed by atoms with Gasteiger partial charge in [0.1, 0.15) is 0 Å². The van der Waals surface area contributed by atoms with Gasteiger partial charge in [0.25, 0.3) is 11.7 Å². The van der Waals surface area contributed by atoms with E-state index < -0.39 is 12.0 Å². The number of hydrogen-bond acceptors (Lipinski definition) is 5. The number of amides is 1. The van der Waals surface area contributed by atoms with Crippen LogP contribution in [0.4, 0.5) is 14.7 Å². The molecule has 1 saturated carbocycles. The van der Waals surface area contributed by atoms with Crippen LogP contribution in [0, 0.1) is 13.8 Å². The summed E-state index contributed by atoms with van der Waals surface area (Å²) in [5.74, 6) is -2.48. The Bertz CT molecular complexity index is 749. The van der Waals surface area contributed by atoms with Crippen molar-refractivity contribution in [1.29, 1.82) is 0 Å². The largest absolute Gasteiger partial charge is 0.366 e. The molecular formula is C13H16F2N6O. The average Bonchev–Trinajstić information content (AvgIpc) is 2.73. The summed E-state index contributed by atoms with van der Waals surface area (Å²) in [6.07, 6.45) is -0.538. The van der Waals surface area contributed by atoms with Crippen LogP contribution in [-0.2, 0) is 11.2 Å². The Labute approximate surface area is 124 Å². The molecule has 9 heteroatoms. The minimum Gasteiger partial charge on any atom is -0.366 e. The van der Waals surface area contributed by atoms with Crippen molar-refractivity contribution in [1.82, 2.24) is 24.9 Å². The number of nitrogens with one attached hydrogen (secondary N) is 1. The van der Waals surface area contributed by atoms with Crippen molar-refractivity contribution >= 4 is 17.6 Å². The number of carbonyl (C=O) groups is 1. The maximum absolute atomic E-state index is 12.8. The highest BCUT2D eigenvalue weighted by molar-refractivity contribution is 5.79. The molecule has 1 amide bonds. The predicted octanol–water partition coefficient (Wildman–Crippen LogP) is 0.780. The number of anilines is 1. The molecule has 2 heterocycles. The molecule has 0 aliphatic heterocycles. The first-order chi connectivity index (χ1) is 10.2. The minimum absolute atomic E-state index is 0.0580. The van der Waals surface area contributed by atoms with Gasteiger partial charge in [0, 0.05) is 35.8 Å². The number of nitrogens with two attached hydrogens (primary N) is 1. The lowest BCUT2D eigenvalue weighted by atomic mass is 9.88. The maximum atomic E-state index is 12.8. The summed E-state index contributed by atoms with van der Waals surface area (Å²) in [7, 11) is 0. The monoisotopic (exact) mass is 310 g/mol. The van der Waals surface area contributed by atoms with Crippen LogP contribution in [0.5, 0.6) is 0 Å². The number of carbonyl (C=O) groups excluding carboxylic acids is 1. The Morgan fingerprint density at radius 2 is 2.09 bits per heavy atom. The van der Waals surface area contributed by atoms with Gasteiger partial charge >= 0.3 is 0 Å². The van der Waals surface area contributed by atoms with Crippen molar-refractivity contribution in [3.05, 3.63) is 17.0 Å². The number of nitrogen functional groups attached to an aromatic ring is 1. The molecule has 2 aromatic heterocycles. The van der Waals surface area contributed by atoms with E-state index in [9.17, 15) is 13.6 Å². The summed E-state index contributed by atoms with van der Waals surface area (Å²) in [6, 6.07) is -0.457. The fourth-order valence-corrected chi connectivity index (χ4v) is 2.68. The van der Waals surface area contributed by atoms with Gasteiger partial charge < -0.3 is 11.1 Å². The van der Waals surface area contributed by atoms with E-state index in [2.05, 4.69) is 20.4 Å². The second kappa shape index (κ2) is 4.85. The lowest BCUT2D eigenvalue weighted by Crippen LogP contribution is -2.50. The molecule has 1 fully saturated rings. The first-order valence-electron chi connectivity index (χ1n) is 6.91. The van der Waals surface area contributed by atoms with Gasteiger partial charge in [-0.3, -0.25) is 4.79 Å². The third-order valence-corrected chi connectivity index (χ3v) is 3.86. The summed E-state index contributed by atoms with van der Waals surface area (Å²) in [6.45, 7) is 3.55. The molecule has 22 heavy (non-hydrogen) atoms. The highest BCUT2D eigenvalue weighted by Crippen LogP contribution is 2.37. The van der Waals surface area contributed by atoms with Crippen molar-refractivity contribution in [2.45, 2.75) is 45.1 Å². The van der Waals surface area contributed by atoms with Crippen LogP contribution < -0.4 is 11.1 Å². The minimum atomic E-state index is -2.65. The third-order valence-electron chi connectivity index (χ3n) is 3.86. The van der Waals surface area contributed by atoms with Crippen molar-refractivity contribution in [3.63, 3.8) is 0 Å². The number of rotatable bonds is 3. The van der Waals surface area contributed by atoms with Gasteiger partial charge in [-0.15, -0.1) is 5.10 Å². The van der Waals surface area contributed by atoms with Crippen LogP contribution in [0.3, 0.4) is 0 Å². The standard InChI is InChI=1S/C13H16F2N6O/c1-6-9(3-10(22)18-8-4-13(14,15)5-8)7(2)21-12(17-6)19-11(16)20-21/h8H,3-5H2,1-2H3,(H2,16,20)(H,18,22). The maximum Gasteiger partial charge on any atom is 0.254 e. The van der Waals surface area contributed by atoms with Crippen LogP contribution in [-0.4, -0.2) is 37.5 Å². The number of aromatic nitrogens is 4. The topological polar surface area (TPSA) is 98.2 Å². The van der Waals surface area contributed by atoms with Crippen LogP contribution >= 0.6 is 0 Å². The van der Waals surface area contributed by atoms with Crippen LogP contribution in [0.15, 0.2) is 0 Å². The summed E-state index contributed by atoms with van der Waals surface area (Å²) < 4.78 is 27.0. The van der Waals surface area contributed by atoms with E-state index in [1.54, 1.807) is 13.8 Å². The lowest BCUT2D eigenvalue weighted by Gasteiger charge is -2.35. The Balaban J connectivity index is 1.77. The average molecular weight is 310 g/mol. The fourth-order valence-electron chi connectivity index (χ4n) is 2.68. The van der Waals surface area contributed by atoms with Gasteiger partial charge in [-0.05, 0) is 13.8 Å². The molecule has 7 nitrogen and oxygen atoms in total. The number of hydrogen-bond donors (Lipinski definition) is 2. The summed E-state index contributed by atoms with van der Waals surface area (Å²) >= 11 is 0. The van der Waals surface area contributed by atoms with E-state index in [-0.39, 0.29) is 31.1 Å².